The van der Waals surface area contributed by atoms with E-state index in [1.54, 1.807) is 43.6 Å². The number of carbonyl (C=O) groups excluding carboxylic acids is 1. The van der Waals surface area contributed by atoms with Crippen molar-refractivity contribution in [2.75, 3.05) is 7.11 Å². The minimum Gasteiger partial charge on any atom is -0.497 e. The summed E-state index contributed by atoms with van der Waals surface area (Å²) in [5.41, 5.74) is 1.07. The van der Waals surface area contributed by atoms with Crippen LogP contribution < -0.4 is 10.3 Å². The van der Waals surface area contributed by atoms with E-state index in [4.69, 9.17) is 9.47 Å². The fourth-order valence-electron chi connectivity index (χ4n) is 2.23. The van der Waals surface area contributed by atoms with Gasteiger partial charge in [-0.05, 0) is 23.6 Å². The molecule has 116 valence electrons. The first-order valence-electron chi connectivity index (χ1n) is 6.95. The van der Waals surface area contributed by atoms with Crippen molar-refractivity contribution in [3.05, 3.63) is 70.3 Å². The lowest BCUT2D eigenvalue weighted by Crippen LogP contribution is -2.10. The van der Waals surface area contributed by atoms with Crippen molar-refractivity contribution in [1.29, 1.82) is 0 Å². The number of fused-ring (bicyclic) bond motifs is 1. The van der Waals surface area contributed by atoms with Gasteiger partial charge in [-0.1, -0.05) is 12.1 Å². The van der Waals surface area contributed by atoms with Crippen LogP contribution >= 0.6 is 0 Å². The van der Waals surface area contributed by atoms with Gasteiger partial charge in [0.25, 0.3) is 0 Å². The molecule has 0 aliphatic heterocycles. The molecule has 0 bridgehead atoms. The highest BCUT2D eigenvalue weighted by Gasteiger charge is 2.12. The van der Waals surface area contributed by atoms with Crippen molar-refractivity contribution in [2.45, 2.75) is 6.61 Å². The number of rotatable bonds is 4. The number of esters is 1. The Balaban J connectivity index is 1.83. The van der Waals surface area contributed by atoms with Crippen molar-refractivity contribution >= 4 is 16.9 Å². The highest BCUT2D eigenvalue weighted by Crippen LogP contribution is 2.17. The molecule has 0 amide bonds. The number of aromatic nitrogens is 2. The molecular weight excluding hydrogens is 296 g/mol. The van der Waals surface area contributed by atoms with Gasteiger partial charge >= 0.3 is 5.97 Å². The lowest BCUT2D eigenvalue weighted by Gasteiger charge is -2.08. The highest BCUT2D eigenvalue weighted by molar-refractivity contribution is 6.02. The summed E-state index contributed by atoms with van der Waals surface area (Å²) in [4.78, 5) is 30.5. The van der Waals surface area contributed by atoms with Crippen molar-refractivity contribution in [3.63, 3.8) is 0 Å². The standard InChI is InChI=1S/C17H14N2O4/c1-22-13-7-8-18-12(9-13)10-23-17(21)14-4-2-3-11-5-6-15(20)19-16(11)14/h2-9H,10H2,1H3,(H,19,20). The van der Waals surface area contributed by atoms with Crippen LogP contribution in [0.3, 0.4) is 0 Å². The molecule has 1 aromatic carbocycles. The molecule has 0 saturated heterocycles. The summed E-state index contributed by atoms with van der Waals surface area (Å²) in [6.45, 7) is 0.0173. The van der Waals surface area contributed by atoms with E-state index < -0.39 is 5.97 Å². The number of methoxy groups -OCH3 is 1. The number of carbonyl (C=O) groups is 1. The van der Waals surface area contributed by atoms with E-state index in [0.29, 0.717) is 22.5 Å². The largest absolute Gasteiger partial charge is 0.497 e. The Labute approximate surface area is 131 Å². The van der Waals surface area contributed by atoms with Crippen LogP contribution in [-0.2, 0) is 11.3 Å². The molecule has 6 nitrogen and oxygen atoms in total. The quantitative estimate of drug-likeness (QED) is 0.748. The summed E-state index contributed by atoms with van der Waals surface area (Å²) in [6, 6.07) is 11.6. The molecule has 0 radical (unpaired) electrons. The van der Waals surface area contributed by atoms with E-state index in [9.17, 15) is 9.59 Å². The third-order valence-electron chi connectivity index (χ3n) is 3.35. The number of aromatic amines is 1. The molecule has 0 aliphatic carbocycles. The smallest absolute Gasteiger partial charge is 0.340 e. The molecule has 0 spiro atoms. The third-order valence-corrected chi connectivity index (χ3v) is 3.35. The molecule has 0 atom stereocenters. The number of hydrogen-bond acceptors (Lipinski definition) is 5. The van der Waals surface area contributed by atoms with Gasteiger partial charge in [-0.15, -0.1) is 0 Å². The number of H-pyrrole nitrogens is 1. The molecule has 3 aromatic rings. The van der Waals surface area contributed by atoms with Crippen LogP contribution in [0.4, 0.5) is 0 Å². The summed E-state index contributed by atoms with van der Waals surface area (Å²) in [5.74, 6) is 0.114. The van der Waals surface area contributed by atoms with Gasteiger partial charge in [0.2, 0.25) is 5.56 Å². The minimum absolute atomic E-state index is 0.0173. The van der Waals surface area contributed by atoms with Gasteiger partial charge in [-0.25, -0.2) is 4.79 Å². The van der Waals surface area contributed by atoms with Crippen LogP contribution in [0.5, 0.6) is 5.75 Å². The lowest BCUT2D eigenvalue weighted by atomic mass is 10.1. The van der Waals surface area contributed by atoms with Crippen molar-refractivity contribution in [3.8, 4) is 5.75 Å². The second kappa shape index (κ2) is 6.31. The minimum atomic E-state index is -0.526. The highest BCUT2D eigenvalue weighted by atomic mass is 16.5. The van der Waals surface area contributed by atoms with E-state index in [-0.39, 0.29) is 12.2 Å². The molecule has 23 heavy (non-hydrogen) atoms. The average Bonchev–Trinajstić information content (AvgIpc) is 2.59. The van der Waals surface area contributed by atoms with E-state index in [1.165, 1.54) is 6.07 Å². The van der Waals surface area contributed by atoms with Gasteiger partial charge in [0.1, 0.15) is 12.4 Å². The summed E-state index contributed by atoms with van der Waals surface area (Å²) in [7, 11) is 1.55. The molecule has 0 aliphatic rings. The Morgan fingerprint density at radius 3 is 2.91 bits per heavy atom. The zero-order valence-electron chi connectivity index (χ0n) is 12.4. The van der Waals surface area contributed by atoms with Crippen LogP contribution in [0, 0.1) is 0 Å². The number of nitrogens with zero attached hydrogens (tertiary/aromatic N) is 1. The van der Waals surface area contributed by atoms with E-state index in [1.807, 2.05) is 6.07 Å². The van der Waals surface area contributed by atoms with Gasteiger partial charge < -0.3 is 14.5 Å². The van der Waals surface area contributed by atoms with Gasteiger partial charge in [0.15, 0.2) is 0 Å². The summed E-state index contributed by atoms with van der Waals surface area (Å²) >= 11 is 0. The van der Waals surface area contributed by atoms with Crippen LogP contribution in [0.25, 0.3) is 10.9 Å². The van der Waals surface area contributed by atoms with Crippen molar-refractivity contribution in [2.24, 2.45) is 0 Å². The molecule has 0 unspecified atom stereocenters. The number of benzene rings is 1. The fraction of sp³-hybridized carbons (Fsp3) is 0.118. The Morgan fingerprint density at radius 2 is 2.09 bits per heavy atom. The van der Waals surface area contributed by atoms with Gasteiger partial charge in [-0.2, -0.15) is 0 Å². The molecule has 2 heterocycles. The van der Waals surface area contributed by atoms with Crippen LogP contribution in [-0.4, -0.2) is 23.0 Å². The Hall–Kier alpha value is -3.15. The maximum Gasteiger partial charge on any atom is 0.340 e. The number of para-hydroxylation sites is 1. The number of hydrogen-bond donors (Lipinski definition) is 1. The maximum atomic E-state index is 12.3. The second-order valence-corrected chi connectivity index (χ2v) is 4.86. The molecule has 2 aromatic heterocycles. The lowest BCUT2D eigenvalue weighted by molar-refractivity contribution is 0.0469. The normalized spacial score (nSPS) is 10.5. The molecule has 3 rings (SSSR count). The first-order valence-corrected chi connectivity index (χ1v) is 6.95. The van der Waals surface area contributed by atoms with E-state index in [0.717, 1.165) is 5.39 Å². The molecule has 6 heteroatoms. The van der Waals surface area contributed by atoms with Crippen LogP contribution in [0.1, 0.15) is 16.1 Å². The van der Waals surface area contributed by atoms with Gasteiger partial charge in [0.05, 0.1) is 23.9 Å². The summed E-state index contributed by atoms with van der Waals surface area (Å²) in [5, 5.41) is 0.763. The Kier molecular flexibility index (Phi) is 4.05. The average molecular weight is 310 g/mol. The molecular formula is C17H14N2O4. The third kappa shape index (κ3) is 3.21. The summed E-state index contributed by atoms with van der Waals surface area (Å²) < 4.78 is 10.4. The first kappa shape index (κ1) is 14.8. The topological polar surface area (TPSA) is 81.3 Å². The Morgan fingerprint density at radius 1 is 1.22 bits per heavy atom. The van der Waals surface area contributed by atoms with Gasteiger partial charge in [-0.3, -0.25) is 9.78 Å². The predicted molar refractivity (Wildman–Crippen MR) is 84.5 cm³/mol. The van der Waals surface area contributed by atoms with Crippen LogP contribution in [0.15, 0.2) is 53.5 Å². The Bertz CT molecular complexity index is 918. The van der Waals surface area contributed by atoms with Crippen LogP contribution in [0.2, 0.25) is 0 Å². The zero-order valence-corrected chi connectivity index (χ0v) is 12.4. The SMILES string of the molecule is COc1ccnc(COC(=O)c2cccc3ccc(=O)[nH]c23)c1. The zero-order chi connectivity index (χ0) is 16.2. The fourth-order valence-corrected chi connectivity index (χ4v) is 2.23. The number of pyridine rings is 2. The monoisotopic (exact) mass is 310 g/mol. The summed E-state index contributed by atoms with van der Waals surface area (Å²) in [6.07, 6.45) is 1.58. The molecule has 0 saturated carbocycles. The molecule has 1 N–H and O–H groups in total. The predicted octanol–water partition coefficient (Wildman–Crippen LogP) is 2.29. The van der Waals surface area contributed by atoms with Gasteiger partial charge in [0, 0.05) is 18.3 Å². The number of ether oxygens (including phenoxy) is 2. The van der Waals surface area contributed by atoms with E-state index >= 15 is 0 Å². The van der Waals surface area contributed by atoms with Crippen molar-refractivity contribution < 1.29 is 14.3 Å². The molecule has 0 fully saturated rings. The second-order valence-electron chi connectivity index (χ2n) is 4.86. The maximum absolute atomic E-state index is 12.3. The van der Waals surface area contributed by atoms with E-state index in [2.05, 4.69) is 9.97 Å². The van der Waals surface area contributed by atoms with Crippen molar-refractivity contribution in [1.82, 2.24) is 9.97 Å². The first-order chi connectivity index (χ1) is 11.2. The number of nitrogens with one attached hydrogen (secondary N) is 1.